The van der Waals surface area contributed by atoms with Crippen molar-refractivity contribution >= 4 is 23.2 Å². The fourth-order valence-electron chi connectivity index (χ4n) is 4.97. The van der Waals surface area contributed by atoms with Gasteiger partial charge in [-0.05, 0) is 74.4 Å². The van der Waals surface area contributed by atoms with E-state index in [0.717, 1.165) is 17.7 Å². The van der Waals surface area contributed by atoms with E-state index in [2.05, 4.69) is 0 Å². The van der Waals surface area contributed by atoms with Gasteiger partial charge in [0.05, 0.1) is 37.2 Å². The summed E-state index contributed by atoms with van der Waals surface area (Å²) >= 11 is 0. The van der Waals surface area contributed by atoms with Crippen LogP contribution in [0.5, 0.6) is 17.2 Å². The van der Waals surface area contributed by atoms with Crippen molar-refractivity contribution in [1.82, 2.24) is 0 Å². The first-order chi connectivity index (χ1) is 18.6. The quantitative estimate of drug-likeness (QED) is 0.337. The van der Waals surface area contributed by atoms with Crippen molar-refractivity contribution in [2.75, 3.05) is 29.8 Å². The Kier molecular flexibility index (Phi) is 7.51. The van der Waals surface area contributed by atoms with Crippen molar-refractivity contribution < 1.29 is 28.6 Å². The standard InChI is InChI=1S/C30H32N2O6/c1-4-18-37-24-17-12-20(19-25(24)36-6-3)27-26-28(38-32(27)22-10-8-7-9-11-22)30(34)31(29(26)33)21-13-15-23(16-14-21)35-5-2/h7-17,19,26-28H,4-6,18H2,1-3H3/t26-,27+,28+/m0/s1. The molecule has 0 spiro atoms. The summed E-state index contributed by atoms with van der Waals surface area (Å²) in [7, 11) is 0. The maximum absolute atomic E-state index is 13.9. The van der Waals surface area contributed by atoms with Crippen molar-refractivity contribution in [2.45, 2.75) is 39.3 Å². The molecule has 2 heterocycles. The van der Waals surface area contributed by atoms with E-state index < -0.39 is 18.1 Å². The van der Waals surface area contributed by atoms with Crippen LogP contribution < -0.4 is 24.2 Å². The van der Waals surface area contributed by atoms with Crippen LogP contribution in [0, 0.1) is 5.92 Å². The van der Waals surface area contributed by atoms with Gasteiger partial charge in [-0.2, -0.15) is 0 Å². The number of rotatable bonds is 10. The Morgan fingerprint density at radius 3 is 2.18 bits per heavy atom. The van der Waals surface area contributed by atoms with Crippen LogP contribution in [0.4, 0.5) is 11.4 Å². The minimum absolute atomic E-state index is 0.308. The summed E-state index contributed by atoms with van der Waals surface area (Å²) in [5.74, 6) is 0.469. The summed E-state index contributed by atoms with van der Waals surface area (Å²) in [6.07, 6.45) is -0.0846. The number of nitrogens with zero attached hydrogens (tertiary/aromatic N) is 2. The van der Waals surface area contributed by atoms with Crippen LogP contribution in [-0.4, -0.2) is 37.7 Å². The number of hydroxylamine groups is 1. The molecular formula is C30H32N2O6. The van der Waals surface area contributed by atoms with Crippen LogP contribution >= 0.6 is 0 Å². The molecule has 3 aromatic carbocycles. The van der Waals surface area contributed by atoms with E-state index in [1.807, 2.05) is 69.3 Å². The third-order valence-electron chi connectivity index (χ3n) is 6.60. The number of carbonyl (C=O) groups is 2. The van der Waals surface area contributed by atoms with Crippen LogP contribution in [0.15, 0.2) is 72.8 Å². The van der Waals surface area contributed by atoms with Crippen molar-refractivity contribution in [3.8, 4) is 17.2 Å². The van der Waals surface area contributed by atoms with Crippen LogP contribution in [-0.2, 0) is 14.4 Å². The average Bonchev–Trinajstić information content (AvgIpc) is 3.45. The first-order valence-electron chi connectivity index (χ1n) is 13.1. The highest BCUT2D eigenvalue weighted by molar-refractivity contribution is 6.23. The van der Waals surface area contributed by atoms with Crippen molar-refractivity contribution in [1.29, 1.82) is 0 Å². The van der Waals surface area contributed by atoms with Gasteiger partial charge in [0.2, 0.25) is 5.91 Å². The molecule has 8 heteroatoms. The van der Waals surface area contributed by atoms with Crippen LogP contribution in [0.3, 0.4) is 0 Å². The van der Waals surface area contributed by atoms with Gasteiger partial charge < -0.3 is 14.2 Å². The zero-order valence-electron chi connectivity index (χ0n) is 21.8. The highest BCUT2D eigenvalue weighted by atomic mass is 16.7. The molecule has 0 bridgehead atoms. The van der Waals surface area contributed by atoms with Gasteiger partial charge in [0.25, 0.3) is 5.91 Å². The third-order valence-corrected chi connectivity index (χ3v) is 6.60. The number of hydrogen-bond donors (Lipinski definition) is 0. The summed E-state index contributed by atoms with van der Waals surface area (Å²) < 4.78 is 17.3. The lowest BCUT2D eigenvalue weighted by Crippen LogP contribution is -2.37. The second-order valence-electron chi connectivity index (χ2n) is 9.08. The highest BCUT2D eigenvalue weighted by Gasteiger charge is 2.60. The number of benzene rings is 3. The van der Waals surface area contributed by atoms with Crippen LogP contribution in [0.2, 0.25) is 0 Å². The molecule has 198 valence electrons. The summed E-state index contributed by atoms with van der Waals surface area (Å²) in [4.78, 5) is 35.0. The SMILES string of the molecule is CCCOc1ccc([C@@H]2[C@@H]3C(=O)N(c4ccc(OCC)cc4)C(=O)[C@@H]3ON2c2ccccc2)cc1OCC. The summed E-state index contributed by atoms with van der Waals surface area (Å²) in [5.41, 5.74) is 2.04. The van der Waals surface area contributed by atoms with Gasteiger partial charge in [-0.1, -0.05) is 31.2 Å². The molecule has 2 fully saturated rings. The largest absolute Gasteiger partial charge is 0.494 e. The van der Waals surface area contributed by atoms with E-state index in [1.165, 1.54) is 4.90 Å². The number of para-hydroxylation sites is 1. The topological polar surface area (TPSA) is 77.5 Å². The molecule has 0 aliphatic carbocycles. The predicted octanol–water partition coefficient (Wildman–Crippen LogP) is 5.32. The molecule has 8 nitrogen and oxygen atoms in total. The monoisotopic (exact) mass is 516 g/mol. The zero-order valence-corrected chi connectivity index (χ0v) is 21.8. The van der Waals surface area contributed by atoms with Gasteiger partial charge in [-0.15, -0.1) is 0 Å². The maximum Gasteiger partial charge on any atom is 0.266 e. The molecule has 3 atom stereocenters. The number of fused-ring (bicyclic) bond motifs is 1. The normalized spacial score (nSPS) is 20.6. The molecule has 0 radical (unpaired) electrons. The molecule has 38 heavy (non-hydrogen) atoms. The fraction of sp³-hybridized carbons (Fsp3) is 0.333. The minimum atomic E-state index is -0.953. The van der Waals surface area contributed by atoms with Gasteiger partial charge in [-0.3, -0.25) is 14.4 Å². The Balaban J connectivity index is 1.54. The molecule has 2 saturated heterocycles. The molecule has 0 saturated carbocycles. The van der Waals surface area contributed by atoms with E-state index in [9.17, 15) is 9.59 Å². The number of anilines is 2. The summed E-state index contributed by atoms with van der Waals surface area (Å²) in [6, 6.07) is 21.6. The molecule has 0 N–H and O–H groups in total. The predicted molar refractivity (Wildman–Crippen MR) is 144 cm³/mol. The summed E-state index contributed by atoms with van der Waals surface area (Å²) in [5, 5.41) is 1.68. The highest BCUT2D eigenvalue weighted by Crippen LogP contribution is 2.48. The van der Waals surface area contributed by atoms with Crippen molar-refractivity contribution in [3.63, 3.8) is 0 Å². The Morgan fingerprint density at radius 1 is 0.763 bits per heavy atom. The number of amides is 2. The van der Waals surface area contributed by atoms with E-state index in [-0.39, 0.29) is 11.8 Å². The lowest BCUT2D eigenvalue weighted by molar-refractivity contribution is -0.126. The van der Waals surface area contributed by atoms with Gasteiger partial charge in [-0.25, -0.2) is 9.96 Å². The van der Waals surface area contributed by atoms with Crippen molar-refractivity contribution in [3.05, 3.63) is 78.4 Å². The van der Waals surface area contributed by atoms with Crippen LogP contribution in [0.25, 0.3) is 0 Å². The molecule has 2 aliphatic heterocycles. The lowest BCUT2D eigenvalue weighted by atomic mass is 9.90. The summed E-state index contributed by atoms with van der Waals surface area (Å²) in [6.45, 7) is 7.41. The molecular weight excluding hydrogens is 484 g/mol. The Hall–Kier alpha value is -4.04. The van der Waals surface area contributed by atoms with E-state index >= 15 is 0 Å². The van der Waals surface area contributed by atoms with Crippen LogP contribution in [0.1, 0.15) is 38.8 Å². The number of carbonyl (C=O) groups excluding carboxylic acids is 2. The van der Waals surface area contributed by atoms with E-state index in [1.54, 1.807) is 29.3 Å². The second-order valence-corrected chi connectivity index (χ2v) is 9.08. The number of hydrogen-bond acceptors (Lipinski definition) is 7. The maximum atomic E-state index is 13.9. The number of imide groups is 1. The fourth-order valence-corrected chi connectivity index (χ4v) is 4.97. The molecule has 2 amide bonds. The molecule has 5 rings (SSSR count). The first kappa shape index (κ1) is 25.6. The Morgan fingerprint density at radius 2 is 1.50 bits per heavy atom. The zero-order chi connectivity index (χ0) is 26.6. The van der Waals surface area contributed by atoms with Crippen molar-refractivity contribution in [2.24, 2.45) is 5.92 Å². The third kappa shape index (κ3) is 4.67. The minimum Gasteiger partial charge on any atom is -0.494 e. The Bertz CT molecular complexity index is 1280. The lowest BCUT2D eigenvalue weighted by Gasteiger charge is -2.29. The average molecular weight is 517 g/mol. The Labute approximate surface area is 222 Å². The molecule has 0 aromatic heterocycles. The van der Waals surface area contributed by atoms with E-state index in [4.69, 9.17) is 19.0 Å². The number of ether oxygens (including phenoxy) is 3. The molecule has 0 unspecified atom stereocenters. The van der Waals surface area contributed by atoms with Gasteiger partial charge in [0.1, 0.15) is 11.7 Å². The van der Waals surface area contributed by atoms with Gasteiger partial charge >= 0.3 is 0 Å². The second kappa shape index (κ2) is 11.1. The van der Waals surface area contributed by atoms with Gasteiger partial charge in [0.15, 0.2) is 17.6 Å². The first-order valence-corrected chi connectivity index (χ1v) is 13.1. The molecule has 2 aliphatic rings. The van der Waals surface area contributed by atoms with E-state index in [0.29, 0.717) is 42.8 Å². The van der Waals surface area contributed by atoms with Gasteiger partial charge in [0, 0.05) is 0 Å². The molecule has 3 aromatic rings. The smallest absolute Gasteiger partial charge is 0.266 e.